The molecular formula is C33H38ClN7O2. The molecule has 9 nitrogen and oxygen atoms in total. The van der Waals surface area contributed by atoms with Crippen molar-refractivity contribution < 1.29 is 4.79 Å². The van der Waals surface area contributed by atoms with Crippen molar-refractivity contribution in [3.8, 4) is 16.9 Å². The van der Waals surface area contributed by atoms with E-state index < -0.39 is 5.69 Å². The standard InChI is InChI=1S/C33H38ClN7O2/c1-9-26(42)39-15-22(8)40(16-21(39)7)31-24-14-25(34)29(23-13-11-10-12-20(23)6)37-32(24)41(33(43)38-31)30-27(18(2)3)35-17-36-28(30)19(4)5/h9-14,17-19,21-22H,1,15-16H2,2-8H3/t21-,22+/m1/s1. The van der Waals surface area contributed by atoms with E-state index in [1.54, 1.807) is 15.8 Å². The fraction of sp³-hybridized carbons (Fsp3) is 0.394. The van der Waals surface area contributed by atoms with Crippen LogP contribution in [0.4, 0.5) is 5.82 Å². The summed E-state index contributed by atoms with van der Waals surface area (Å²) in [4.78, 5) is 49.7. The van der Waals surface area contributed by atoms with E-state index in [-0.39, 0.29) is 29.8 Å². The van der Waals surface area contributed by atoms with Crippen LogP contribution in [0.5, 0.6) is 0 Å². The summed E-state index contributed by atoms with van der Waals surface area (Å²) >= 11 is 6.99. The number of pyridine rings is 1. The Morgan fingerprint density at radius 3 is 2.28 bits per heavy atom. The molecule has 0 saturated carbocycles. The summed E-state index contributed by atoms with van der Waals surface area (Å²) in [7, 11) is 0. The van der Waals surface area contributed by atoms with Gasteiger partial charge in [0, 0.05) is 30.7 Å². The van der Waals surface area contributed by atoms with Crippen molar-refractivity contribution in [3.05, 3.63) is 81.8 Å². The van der Waals surface area contributed by atoms with Crippen LogP contribution in [0.1, 0.15) is 70.3 Å². The molecule has 224 valence electrons. The fourth-order valence-corrected chi connectivity index (χ4v) is 6.13. The normalized spacial score (nSPS) is 17.3. The molecule has 1 saturated heterocycles. The molecule has 0 bridgehead atoms. The molecule has 43 heavy (non-hydrogen) atoms. The van der Waals surface area contributed by atoms with Crippen molar-refractivity contribution in [3.63, 3.8) is 0 Å². The predicted octanol–water partition coefficient (Wildman–Crippen LogP) is 6.06. The zero-order valence-electron chi connectivity index (χ0n) is 25.8. The number of fused-ring (bicyclic) bond motifs is 1. The number of piperazine rings is 1. The highest BCUT2D eigenvalue weighted by molar-refractivity contribution is 6.34. The van der Waals surface area contributed by atoms with Gasteiger partial charge < -0.3 is 9.80 Å². The Bertz CT molecular complexity index is 1760. The number of hydrogen-bond acceptors (Lipinski definition) is 7. The van der Waals surface area contributed by atoms with Crippen LogP contribution in [-0.4, -0.2) is 60.5 Å². The Morgan fingerprint density at radius 2 is 1.67 bits per heavy atom. The number of anilines is 1. The molecule has 0 radical (unpaired) electrons. The number of amides is 1. The number of aromatic nitrogens is 5. The zero-order chi connectivity index (χ0) is 31.2. The molecule has 0 spiro atoms. The summed E-state index contributed by atoms with van der Waals surface area (Å²) in [5.74, 6) is 0.389. The van der Waals surface area contributed by atoms with Crippen molar-refractivity contribution in [1.82, 2.24) is 29.4 Å². The lowest BCUT2D eigenvalue weighted by atomic mass is 10.0. The minimum atomic E-state index is -0.476. The number of halogens is 1. The molecule has 10 heteroatoms. The maximum absolute atomic E-state index is 14.3. The van der Waals surface area contributed by atoms with Crippen LogP contribution in [0.25, 0.3) is 28.0 Å². The van der Waals surface area contributed by atoms with E-state index in [0.29, 0.717) is 46.3 Å². The van der Waals surface area contributed by atoms with E-state index in [4.69, 9.17) is 21.6 Å². The largest absolute Gasteiger partial charge is 0.355 e. The Kier molecular flexibility index (Phi) is 8.38. The molecule has 1 amide bonds. The van der Waals surface area contributed by atoms with Crippen LogP contribution in [0.2, 0.25) is 5.02 Å². The van der Waals surface area contributed by atoms with E-state index >= 15 is 0 Å². The summed E-state index contributed by atoms with van der Waals surface area (Å²) < 4.78 is 1.56. The first-order valence-electron chi connectivity index (χ1n) is 14.7. The summed E-state index contributed by atoms with van der Waals surface area (Å²) in [6.45, 7) is 18.8. The number of hydrogen-bond donors (Lipinski definition) is 0. The van der Waals surface area contributed by atoms with Gasteiger partial charge in [0.25, 0.3) is 0 Å². The van der Waals surface area contributed by atoms with Crippen molar-refractivity contribution in [2.45, 2.75) is 72.4 Å². The molecule has 0 aliphatic carbocycles. The molecule has 3 aromatic heterocycles. The van der Waals surface area contributed by atoms with Gasteiger partial charge in [0.05, 0.1) is 33.2 Å². The average Bonchev–Trinajstić information content (AvgIpc) is 2.97. The van der Waals surface area contributed by atoms with Gasteiger partial charge in [0.15, 0.2) is 5.65 Å². The van der Waals surface area contributed by atoms with Gasteiger partial charge in [-0.3, -0.25) is 4.79 Å². The van der Waals surface area contributed by atoms with E-state index in [9.17, 15) is 9.59 Å². The topological polar surface area (TPSA) is 97.1 Å². The predicted molar refractivity (Wildman–Crippen MR) is 172 cm³/mol. The first kappa shape index (κ1) is 30.4. The minimum Gasteiger partial charge on any atom is -0.349 e. The van der Waals surface area contributed by atoms with E-state index in [1.165, 1.54) is 6.08 Å². The first-order chi connectivity index (χ1) is 20.4. The summed E-state index contributed by atoms with van der Waals surface area (Å²) in [5, 5.41) is 1.09. The number of rotatable bonds is 6. The fourth-order valence-electron chi connectivity index (χ4n) is 5.88. The highest BCUT2D eigenvalue weighted by Crippen LogP contribution is 2.37. The lowest BCUT2D eigenvalue weighted by molar-refractivity contribution is -0.128. The molecule has 5 rings (SSSR count). The maximum Gasteiger partial charge on any atom is 0.355 e. The molecule has 1 fully saturated rings. The highest BCUT2D eigenvalue weighted by Gasteiger charge is 2.34. The van der Waals surface area contributed by atoms with Crippen LogP contribution in [-0.2, 0) is 4.79 Å². The van der Waals surface area contributed by atoms with Gasteiger partial charge >= 0.3 is 5.69 Å². The lowest BCUT2D eigenvalue weighted by Crippen LogP contribution is -2.58. The maximum atomic E-state index is 14.3. The number of aryl methyl sites for hydroxylation is 1. The summed E-state index contributed by atoms with van der Waals surface area (Å²) in [6, 6.07) is 9.50. The van der Waals surface area contributed by atoms with Crippen LogP contribution in [0.15, 0.2) is 54.1 Å². The number of carbonyl (C=O) groups excluding carboxylic acids is 1. The second-order valence-electron chi connectivity index (χ2n) is 11.9. The van der Waals surface area contributed by atoms with Crippen LogP contribution in [0.3, 0.4) is 0 Å². The van der Waals surface area contributed by atoms with Crippen LogP contribution >= 0.6 is 11.6 Å². The Balaban J connectivity index is 1.86. The van der Waals surface area contributed by atoms with Crippen molar-refractivity contribution in [2.24, 2.45) is 0 Å². The average molecular weight is 600 g/mol. The third-order valence-electron chi connectivity index (χ3n) is 8.11. The number of carbonyl (C=O) groups is 1. The van der Waals surface area contributed by atoms with Gasteiger partial charge in [0.2, 0.25) is 5.91 Å². The molecule has 4 aromatic rings. The van der Waals surface area contributed by atoms with Crippen LogP contribution < -0.4 is 10.6 Å². The first-order valence-corrected chi connectivity index (χ1v) is 15.1. The third-order valence-corrected chi connectivity index (χ3v) is 8.40. The van der Waals surface area contributed by atoms with Crippen LogP contribution in [0, 0.1) is 6.92 Å². The Hall–Kier alpha value is -4.11. The second-order valence-corrected chi connectivity index (χ2v) is 12.3. The Labute approximate surface area is 257 Å². The lowest BCUT2D eigenvalue weighted by Gasteiger charge is -2.44. The monoisotopic (exact) mass is 599 g/mol. The van der Waals surface area contributed by atoms with Gasteiger partial charge in [-0.25, -0.2) is 24.3 Å². The Morgan fingerprint density at radius 1 is 1.02 bits per heavy atom. The molecule has 1 aliphatic heterocycles. The second kappa shape index (κ2) is 11.9. The van der Waals surface area contributed by atoms with E-state index in [1.807, 2.05) is 78.8 Å². The molecule has 0 unspecified atom stereocenters. The summed E-state index contributed by atoms with van der Waals surface area (Å²) in [6.07, 6.45) is 2.89. The van der Waals surface area contributed by atoms with Gasteiger partial charge in [-0.05, 0) is 50.3 Å². The highest BCUT2D eigenvalue weighted by atomic mass is 35.5. The SMILES string of the molecule is C=CC(=O)N1C[C@H](C)N(c2nc(=O)n(-c3c(C(C)C)ncnc3C(C)C)c3nc(-c4ccccc4C)c(Cl)cc23)C[C@H]1C. The van der Waals surface area contributed by atoms with Gasteiger partial charge in [0.1, 0.15) is 12.1 Å². The molecule has 4 heterocycles. The third kappa shape index (κ3) is 5.42. The molecule has 2 atom stereocenters. The molecule has 0 N–H and O–H groups in total. The molecule has 1 aromatic carbocycles. The zero-order valence-corrected chi connectivity index (χ0v) is 26.6. The number of nitrogens with zero attached hydrogens (tertiary/aromatic N) is 7. The molecular weight excluding hydrogens is 562 g/mol. The van der Waals surface area contributed by atoms with E-state index in [0.717, 1.165) is 22.5 Å². The quantitative estimate of drug-likeness (QED) is 0.249. The van der Waals surface area contributed by atoms with E-state index in [2.05, 4.69) is 21.4 Å². The van der Waals surface area contributed by atoms with Gasteiger partial charge in [-0.2, -0.15) is 4.98 Å². The van der Waals surface area contributed by atoms with Crippen molar-refractivity contribution in [2.75, 3.05) is 18.0 Å². The van der Waals surface area contributed by atoms with Gasteiger partial charge in [-0.15, -0.1) is 0 Å². The number of benzene rings is 1. The molecule has 1 aliphatic rings. The van der Waals surface area contributed by atoms with Gasteiger partial charge in [-0.1, -0.05) is 70.1 Å². The smallest absolute Gasteiger partial charge is 0.349 e. The minimum absolute atomic E-state index is 0.0108. The van der Waals surface area contributed by atoms with Crippen molar-refractivity contribution in [1.29, 1.82) is 0 Å². The summed E-state index contributed by atoms with van der Waals surface area (Å²) in [5.41, 5.74) is 4.51. The van der Waals surface area contributed by atoms with Crippen molar-refractivity contribution >= 4 is 34.4 Å².